The molecule has 1 heterocycles. The van der Waals surface area contributed by atoms with Crippen LogP contribution in [0.2, 0.25) is 0 Å². The van der Waals surface area contributed by atoms with Crippen molar-refractivity contribution in [2.75, 3.05) is 0 Å². The van der Waals surface area contributed by atoms with Gasteiger partial charge < -0.3 is 4.74 Å². The maximum Gasteiger partial charge on any atom is 0.317 e. The van der Waals surface area contributed by atoms with Crippen LogP contribution >= 0.6 is 0 Å². The molecule has 0 aromatic heterocycles. The van der Waals surface area contributed by atoms with Crippen molar-refractivity contribution in [3.8, 4) is 0 Å². The van der Waals surface area contributed by atoms with Crippen molar-refractivity contribution in [3.05, 3.63) is 12.2 Å². The molecule has 13 heavy (non-hydrogen) atoms. The SMILES string of the molecule is O=C1CC(C2CC=CCC2)C(=O)O1. The van der Waals surface area contributed by atoms with Gasteiger partial charge in [-0.2, -0.15) is 0 Å². The molecule has 0 N–H and O–H groups in total. The van der Waals surface area contributed by atoms with Gasteiger partial charge in [0.25, 0.3) is 0 Å². The third kappa shape index (κ3) is 1.64. The van der Waals surface area contributed by atoms with Gasteiger partial charge >= 0.3 is 11.9 Å². The summed E-state index contributed by atoms with van der Waals surface area (Å²) in [6.45, 7) is 0. The number of cyclic esters (lactones) is 2. The molecule has 0 saturated carbocycles. The van der Waals surface area contributed by atoms with E-state index in [-0.39, 0.29) is 24.3 Å². The Balaban J connectivity index is 2.04. The van der Waals surface area contributed by atoms with Crippen LogP contribution in [0.1, 0.15) is 25.7 Å². The molecule has 1 fully saturated rings. The van der Waals surface area contributed by atoms with Gasteiger partial charge in [0.05, 0.1) is 12.3 Å². The quantitative estimate of drug-likeness (QED) is 0.348. The van der Waals surface area contributed by atoms with Crippen LogP contribution in [0.25, 0.3) is 0 Å². The molecule has 3 nitrogen and oxygen atoms in total. The molecule has 2 atom stereocenters. The van der Waals surface area contributed by atoms with Crippen molar-refractivity contribution < 1.29 is 14.3 Å². The van der Waals surface area contributed by atoms with Crippen molar-refractivity contribution in [3.63, 3.8) is 0 Å². The van der Waals surface area contributed by atoms with Crippen LogP contribution < -0.4 is 0 Å². The number of allylic oxidation sites excluding steroid dienone is 2. The minimum absolute atomic E-state index is 0.169. The maximum atomic E-state index is 11.2. The lowest BCUT2D eigenvalue weighted by molar-refractivity contribution is -0.153. The molecular formula is C10H12O3. The molecule has 3 heteroatoms. The second kappa shape index (κ2) is 3.32. The number of carbonyl (C=O) groups excluding carboxylic acids is 2. The molecule has 1 saturated heterocycles. The van der Waals surface area contributed by atoms with Crippen molar-refractivity contribution >= 4 is 11.9 Å². The highest BCUT2D eigenvalue weighted by molar-refractivity contribution is 5.94. The highest BCUT2D eigenvalue weighted by atomic mass is 16.6. The number of carbonyl (C=O) groups is 2. The van der Waals surface area contributed by atoms with Crippen molar-refractivity contribution in [1.82, 2.24) is 0 Å². The number of ether oxygens (including phenoxy) is 1. The smallest absolute Gasteiger partial charge is 0.317 e. The summed E-state index contributed by atoms with van der Waals surface area (Å²) < 4.78 is 4.53. The number of hydrogen-bond donors (Lipinski definition) is 0. The summed E-state index contributed by atoms with van der Waals surface area (Å²) in [6, 6.07) is 0. The lowest BCUT2D eigenvalue weighted by Crippen LogP contribution is -2.20. The van der Waals surface area contributed by atoms with E-state index in [1.165, 1.54) is 0 Å². The van der Waals surface area contributed by atoms with E-state index in [4.69, 9.17) is 0 Å². The summed E-state index contributed by atoms with van der Waals surface area (Å²) in [4.78, 5) is 22.1. The van der Waals surface area contributed by atoms with E-state index in [2.05, 4.69) is 16.9 Å². The van der Waals surface area contributed by atoms with Gasteiger partial charge in [-0.15, -0.1) is 0 Å². The number of esters is 2. The Labute approximate surface area is 76.8 Å². The predicted octanol–water partition coefficient (Wildman–Crippen LogP) is 1.43. The minimum atomic E-state index is -0.357. The minimum Gasteiger partial charge on any atom is -0.393 e. The topological polar surface area (TPSA) is 43.4 Å². The monoisotopic (exact) mass is 180 g/mol. The Morgan fingerprint density at radius 1 is 1.31 bits per heavy atom. The summed E-state index contributed by atoms with van der Waals surface area (Å²) in [5.41, 5.74) is 0. The Morgan fingerprint density at radius 2 is 2.15 bits per heavy atom. The molecule has 0 bridgehead atoms. The standard InChI is InChI=1S/C10H12O3/c11-9-6-8(10(12)13-9)7-4-2-1-3-5-7/h1-2,7-8H,3-6H2. The highest BCUT2D eigenvalue weighted by Crippen LogP contribution is 2.32. The maximum absolute atomic E-state index is 11.2. The van der Waals surface area contributed by atoms with E-state index in [0.717, 1.165) is 19.3 Å². The molecule has 70 valence electrons. The highest BCUT2D eigenvalue weighted by Gasteiger charge is 2.38. The Morgan fingerprint density at radius 3 is 2.69 bits per heavy atom. The zero-order valence-corrected chi connectivity index (χ0v) is 7.36. The zero-order chi connectivity index (χ0) is 9.26. The molecule has 0 radical (unpaired) electrons. The molecular weight excluding hydrogens is 168 g/mol. The van der Waals surface area contributed by atoms with Crippen LogP contribution in [-0.2, 0) is 14.3 Å². The molecule has 0 spiro atoms. The first-order chi connectivity index (χ1) is 6.27. The van der Waals surface area contributed by atoms with Gasteiger partial charge in [0, 0.05) is 0 Å². The van der Waals surface area contributed by atoms with E-state index in [1.54, 1.807) is 0 Å². The molecule has 0 aromatic carbocycles. The molecule has 2 rings (SSSR count). The van der Waals surface area contributed by atoms with Crippen molar-refractivity contribution in [1.29, 1.82) is 0 Å². The van der Waals surface area contributed by atoms with Crippen LogP contribution in [0.3, 0.4) is 0 Å². The number of rotatable bonds is 1. The molecule has 0 aromatic rings. The van der Waals surface area contributed by atoms with Gasteiger partial charge in [-0.1, -0.05) is 12.2 Å². The lowest BCUT2D eigenvalue weighted by Gasteiger charge is -2.20. The van der Waals surface area contributed by atoms with E-state index in [1.807, 2.05) is 0 Å². The second-order valence-corrected chi connectivity index (χ2v) is 3.65. The van der Waals surface area contributed by atoms with Gasteiger partial charge in [-0.05, 0) is 25.2 Å². The summed E-state index contributed by atoms with van der Waals surface area (Å²) in [5.74, 6) is -0.517. The molecule has 2 unspecified atom stereocenters. The first kappa shape index (κ1) is 8.48. The fourth-order valence-electron chi connectivity index (χ4n) is 2.03. The zero-order valence-electron chi connectivity index (χ0n) is 7.36. The largest absolute Gasteiger partial charge is 0.393 e. The van der Waals surface area contributed by atoms with Gasteiger partial charge in [0.15, 0.2) is 0 Å². The van der Waals surface area contributed by atoms with Crippen LogP contribution in [0, 0.1) is 11.8 Å². The van der Waals surface area contributed by atoms with Gasteiger partial charge in [0.2, 0.25) is 0 Å². The lowest BCUT2D eigenvalue weighted by atomic mass is 9.82. The average Bonchev–Trinajstić information content (AvgIpc) is 2.47. The molecule has 1 aliphatic carbocycles. The van der Waals surface area contributed by atoms with E-state index >= 15 is 0 Å². The Kier molecular flexibility index (Phi) is 2.17. The Bertz CT molecular complexity index is 267. The van der Waals surface area contributed by atoms with Gasteiger partial charge in [-0.25, -0.2) is 0 Å². The summed E-state index contributed by atoms with van der Waals surface area (Å²) in [5, 5.41) is 0. The van der Waals surface area contributed by atoms with Crippen molar-refractivity contribution in [2.24, 2.45) is 11.8 Å². The molecule has 2 aliphatic rings. The summed E-state index contributed by atoms with van der Waals surface area (Å²) >= 11 is 0. The predicted molar refractivity (Wildman–Crippen MR) is 45.7 cm³/mol. The Hall–Kier alpha value is -1.12. The van der Waals surface area contributed by atoms with Gasteiger partial charge in [0.1, 0.15) is 0 Å². The summed E-state index contributed by atoms with van der Waals surface area (Å²) in [6.07, 6.45) is 7.43. The number of hydrogen-bond acceptors (Lipinski definition) is 3. The molecule has 0 amide bonds. The fraction of sp³-hybridized carbons (Fsp3) is 0.600. The van der Waals surface area contributed by atoms with Crippen molar-refractivity contribution in [2.45, 2.75) is 25.7 Å². The second-order valence-electron chi connectivity index (χ2n) is 3.65. The fourth-order valence-corrected chi connectivity index (χ4v) is 2.03. The van der Waals surface area contributed by atoms with Crippen LogP contribution in [0.4, 0.5) is 0 Å². The van der Waals surface area contributed by atoms with Crippen LogP contribution in [0.15, 0.2) is 12.2 Å². The van der Waals surface area contributed by atoms with E-state index < -0.39 is 0 Å². The normalized spacial score (nSPS) is 33.5. The van der Waals surface area contributed by atoms with Crippen LogP contribution in [-0.4, -0.2) is 11.9 Å². The summed E-state index contributed by atoms with van der Waals surface area (Å²) in [7, 11) is 0. The first-order valence-electron chi connectivity index (χ1n) is 4.67. The van der Waals surface area contributed by atoms with E-state index in [9.17, 15) is 9.59 Å². The third-order valence-electron chi connectivity index (χ3n) is 2.78. The van der Waals surface area contributed by atoms with Gasteiger partial charge in [-0.3, -0.25) is 9.59 Å². The van der Waals surface area contributed by atoms with Crippen LogP contribution in [0.5, 0.6) is 0 Å². The average molecular weight is 180 g/mol. The molecule has 1 aliphatic heterocycles. The third-order valence-corrected chi connectivity index (χ3v) is 2.78. The first-order valence-corrected chi connectivity index (χ1v) is 4.67. The van der Waals surface area contributed by atoms with E-state index in [0.29, 0.717) is 5.92 Å².